The third-order valence-electron chi connectivity index (χ3n) is 3.48. The largest absolute Gasteiger partial charge is 0.453 e. The van der Waals surface area contributed by atoms with Crippen molar-refractivity contribution in [2.24, 2.45) is 5.92 Å². The first-order valence-corrected chi connectivity index (χ1v) is 8.09. The quantitative estimate of drug-likeness (QED) is 0.814. The zero-order chi connectivity index (χ0) is 17.6. The maximum atomic E-state index is 12.3. The van der Waals surface area contributed by atoms with Crippen molar-refractivity contribution in [1.29, 1.82) is 0 Å². The number of ether oxygens (including phenoxy) is 1. The molecule has 0 aliphatic carbocycles. The minimum atomic E-state index is -0.670. The van der Waals surface area contributed by atoms with Crippen LogP contribution in [0.4, 0.5) is 4.79 Å². The van der Waals surface area contributed by atoms with Crippen molar-refractivity contribution in [1.82, 2.24) is 10.6 Å². The molecule has 1 aromatic carbocycles. The Hall–Kier alpha value is -1.46. The van der Waals surface area contributed by atoms with Crippen LogP contribution in [0.1, 0.15) is 32.3 Å². The standard InChI is InChI=1S/C16H22Cl2N2O3/c1-9(2)14(20-16(22)23-4)15(21)19-8-10(3)13-11(17)6-5-7-12(13)18/h5-7,9-10,14H,8H2,1-4H3,(H,19,21)(H,20,22). The average molecular weight is 361 g/mol. The molecule has 0 fully saturated rings. The lowest BCUT2D eigenvalue weighted by atomic mass is 10.00. The van der Waals surface area contributed by atoms with Crippen LogP contribution in [0, 0.1) is 5.92 Å². The van der Waals surface area contributed by atoms with Gasteiger partial charge in [-0.3, -0.25) is 4.79 Å². The minimum absolute atomic E-state index is 0.0638. The van der Waals surface area contributed by atoms with Gasteiger partial charge < -0.3 is 15.4 Å². The van der Waals surface area contributed by atoms with Crippen LogP contribution in [0.15, 0.2) is 18.2 Å². The summed E-state index contributed by atoms with van der Waals surface area (Å²) < 4.78 is 4.54. The molecule has 2 N–H and O–H groups in total. The fraction of sp³-hybridized carbons (Fsp3) is 0.500. The topological polar surface area (TPSA) is 67.4 Å². The molecule has 1 aromatic rings. The first-order valence-electron chi connectivity index (χ1n) is 7.34. The summed E-state index contributed by atoms with van der Waals surface area (Å²) in [7, 11) is 1.26. The predicted octanol–water partition coefficient (Wildman–Crippen LogP) is 3.59. The fourth-order valence-corrected chi connectivity index (χ4v) is 2.94. The van der Waals surface area contributed by atoms with Gasteiger partial charge in [0.25, 0.3) is 0 Å². The molecule has 0 saturated heterocycles. The van der Waals surface area contributed by atoms with E-state index < -0.39 is 12.1 Å². The van der Waals surface area contributed by atoms with Gasteiger partial charge in [-0.1, -0.05) is 50.0 Å². The van der Waals surface area contributed by atoms with Gasteiger partial charge >= 0.3 is 6.09 Å². The molecule has 2 atom stereocenters. The monoisotopic (exact) mass is 360 g/mol. The van der Waals surface area contributed by atoms with Gasteiger partial charge in [0.1, 0.15) is 6.04 Å². The third kappa shape index (κ3) is 5.59. The second-order valence-electron chi connectivity index (χ2n) is 5.64. The molecule has 1 rings (SSSR count). The van der Waals surface area contributed by atoms with Gasteiger partial charge in [0.05, 0.1) is 7.11 Å². The van der Waals surface area contributed by atoms with Gasteiger partial charge in [-0.15, -0.1) is 0 Å². The van der Waals surface area contributed by atoms with Crippen molar-refractivity contribution >= 4 is 35.2 Å². The van der Waals surface area contributed by atoms with E-state index in [-0.39, 0.29) is 17.7 Å². The van der Waals surface area contributed by atoms with Crippen LogP contribution in [0.3, 0.4) is 0 Å². The molecule has 0 aromatic heterocycles. The molecular weight excluding hydrogens is 339 g/mol. The number of halogens is 2. The Morgan fingerprint density at radius 3 is 2.22 bits per heavy atom. The molecule has 0 heterocycles. The van der Waals surface area contributed by atoms with E-state index in [9.17, 15) is 9.59 Å². The highest BCUT2D eigenvalue weighted by Gasteiger charge is 2.25. The van der Waals surface area contributed by atoms with Crippen molar-refractivity contribution in [3.05, 3.63) is 33.8 Å². The summed E-state index contributed by atoms with van der Waals surface area (Å²) in [6.07, 6.45) is -0.638. The molecule has 2 unspecified atom stereocenters. The van der Waals surface area contributed by atoms with E-state index in [0.29, 0.717) is 16.6 Å². The Kier molecular flexibility index (Phi) is 7.65. The summed E-state index contributed by atoms with van der Waals surface area (Å²) in [4.78, 5) is 23.6. The highest BCUT2D eigenvalue weighted by Crippen LogP contribution is 2.30. The average Bonchev–Trinajstić information content (AvgIpc) is 2.49. The van der Waals surface area contributed by atoms with Crippen molar-refractivity contribution in [3.8, 4) is 0 Å². The number of benzene rings is 1. The lowest BCUT2D eigenvalue weighted by Gasteiger charge is -2.22. The minimum Gasteiger partial charge on any atom is -0.453 e. The van der Waals surface area contributed by atoms with E-state index in [4.69, 9.17) is 23.2 Å². The summed E-state index contributed by atoms with van der Waals surface area (Å²) in [5, 5.41) is 6.47. The van der Waals surface area contributed by atoms with E-state index in [1.165, 1.54) is 7.11 Å². The second-order valence-corrected chi connectivity index (χ2v) is 6.45. The lowest BCUT2D eigenvalue weighted by molar-refractivity contribution is -0.124. The van der Waals surface area contributed by atoms with Gasteiger partial charge in [-0.25, -0.2) is 4.79 Å². The van der Waals surface area contributed by atoms with E-state index in [1.807, 2.05) is 20.8 Å². The van der Waals surface area contributed by atoms with E-state index in [2.05, 4.69) is 15.4 Å². The molecule has 0 aliphatic rings. The van der Waals surface area contributed by atoms with Crippen LogP contribution in [-0.2, 0) is 9.53 Å². The molecule has 128 valence electrons. The highest BCUT2D eigenvalue weighted by molar-refractivity contribution is 6.36. The summed E-state index contributed by atoms with van der Waals surface area (Å²) >= 11 is 12.3. The van der Waals surface area contributed by atoms with Crippen LogP contribution in [0.2, 0.25) is 10.0 Å². The maximum Gasteiger partial charge on any atom is 0.407 e. The van der Waals surface area contributed by atoms with E-state index in [1.54, 1.807) is 18.2 Å². The molecule has 23 heavy (non-hydrogen) atoms. The zero-order valence-electron chi connectivity index (χ0n) is 13.7. The third-order valence-corrected chi connectivity index (χ3v) is 4.14. The van der Waals surface area contributed by atoms with E-state index >= 15 is 0 Å². The van der Waals surface area contributed by atoms with Gasteiger partial charge in [0.2, 0.25) is 5.91 Å². The normalized spacial score (nSPS) is 13.3. The summed E-state index contributed by atoms with van der Waals surface area (Å²) in [5.74, 6) is -0.417. The number of carbonyl (C=O) groups is 2. The predicted molar refractivity (Wildman–Crippen MR) is 92.1 cm³/mol. The van der Waals surface area contributed by atoms with Crippen molar-refractivity contribution in [2.75, 3.05) is 13.7 Å². The number of nitrogens with one attached hydrogen (secondary N) is 2. The maximum absolute atomic E-state index is 12.3. The van der Waals surface area contributed by atoms with Gasteiger partial charge in [0.15, 0.2) is 0 Å². The molecule has 7 heteroatoms. The molecule has 2 amide bonds. The van der Waals surface area contributed by atoms with Gasteiger partial charge in [-0.05, 0) is 23.6 Å². The smallest absolute Gasteiger partial charge is 0.407 e. The van der Waals surface area contributed by atoms with Crippen LogP contribution < -0.4 is 10.6 Å². The number of rotatable bonds is 6. The van der Waals surface area contributed by atoms with Crippen molar-refractivity contribution < 1.29 is 14.3 Å². The van der Waals surface area contributed by atoms with Crippen LogP contribution in [0.25, 0.3) is 0 Å². The molecule has 0 bridgehead atoms. The van der Waals surface area contributed by atoms with Gasteiger partial charge in [0, 0.05) is 22.5 Å². The Morgan fingerprint density at radius 2 is 1.74 bits per heavy atom. The first-order chi connectivity index (χ1) is 10.8. The van der Waals surface area contributed by atoms with Gasteiger partial charge in [-0.2, -0.15) is 0 Å². The number of carbonyl (C=O) groups excluding carboxylic acids is 2. The fourth-order valence-electron chi connectivity index (χ4n) is 2.17. The number of hydrogen-bond acceptors (Lipinski definition) is 3. The summed E-state index contributed by atoms with van der Waals surface area (Å²) in [5.41, 5.74) is 0.790. The molecular formula is C16H22Cl2N2O3. The molecule has 0 spiro atoms. The highest BCUT2D eigenvalue weighted by atomic mass is 35.5. The summed E-state index contributed by atoms with van der Waals surface area (Å²) in [6, 6.07) is 4.62. The zero-order valence-corrected chi connectivity index (χ0v) is 15.2. The number of alkyl carbamates (subject to hydrolysis) is 1. The molecule has 0 aliphatic heterocycles. The first kappa shape index (κ1) is 19.6. The molecule has 5 nitrogen and oxygen atoms in total. The lowest BCUT2D eigenvalue weighted by Crippen LogP contribution is -2.50. The van der Waals surface area contributed by atoms with Crippen LogP contribution >= 0.6 is 23.2 Å². The van der Waals surface area contributed by atoms with Crippen LogP contribution in [-0.4, -0.2) is 31.7 Å². The van der Waals surface area contributed by atoms with Crippen LogP contribution in [0.5, 0.6) is 0 Å². The Bertz CT molecular complexity index is 544. The summed E-state index contributed by atoms with van der Waals surface area (Å²) in [6.45, 7) is 5.96. The Balaban J connectivity index is 2.71. The Morgan fingerprint density at radius 1 is 1.17 bits per heavy atom. The number of hydrogen-bond donors (Lipinski definition) is 2. The molecule has 0 saturated carbocycles. The van der Waals surface area contributed by atoms with Crippen molar-refractivity contribution in [3.63, 3.8) is 0 Å². The molecule has 0 radical (unpaired) electrons. The second kappa shape index (κ2) is 8.99. The van der Waals surface area contributed by atoms with Crippen molar-refractivity contribution in [2.45, 2.75) is 32.7 Å². The number of amides is 2. The van der Waals surface area contributed by atoms with E-state index in [0.717, 1.165) is 5.56 Å². The SMILES string of the molecule is COC(=O)NC(C(=O)NCC(C)c1c(Cl)cccc1Cl)C(C)C. The number of methoxy groups -OCH3 is 1. The Labute approximate surface area is 146 Å².